The molecule has 2 aromatic rings. The van der Waals surface area contributed by atoms with E-state index < -0.39 is 17.9 Å². The first-order valence-corrected chi connectivity index (χ1v) is 7.98. The average Bonchev–Trinajstić information content (AvgIpc) is 2.87. The van der Waals surface area contributed by atoms with Gasteiger partial charge in [-0.15, -0.1) is 13.2 Å². The number of aryl methyl sites for hydroxylation is 1. The van der Waals surface area contributed by atoms with Gasteiger partial charge in [-0.3, -0.25) is 4.57 Å². The Balaban J connectivity index is 2.01. The molecule has 1 aromatic heterocycles. The summed E-state index contributed by atoms with van der Waals surface area (Å²) in [4.78, 5) is 6.07. The van der Waals surface area contributed by atoms with Crippen molar-refractivity contribution < 1.29 is 22.3 Å². The third kappa shape index (κ3) is 4.31. The number of nitrogens with zero attached hydrogens (tertiary/aromatic N) is 3. The largest absolute Gasteiger partial charge is 0.573 e. The molecule has 0 bridgehead atoms. The monoisotopic (exact) mass is 377 g/mol. The lowest BCUT2D eigenvalue weighted by atomic mass is 10.2. The zero-order valence-corrected chi connectivity index (χ0v) is 14.5. The van der Waals surface area contributed by atoms with Crippen LogP contribution in [0.1, 0.15) is 17.2 Å². The predicted octanol–water partition coefficient (Wildman–Crippen LogP) is 4.22. The maximum absolute atomic E-state index is 13.5. The van der Waals surface area contributed by atoms with Crippen LogP contribution in [-0.4, -0.2) is 27.4 Å². The standard InChI is InChI=1S/C19H15F4N3O/c1-13-16(8-11-25-9-4-3-5-10-25)24-14(2)26(13)17-7-6-15(20)12-18(17)27-19(21,22)23/h3-7,9,12H,10H2,1-2H3. The van der Waals surface area contributed by atoms with Crippen molar-refractivity contribution in [2.45, 2.75) is 20.2 Å². The van der Waals surface area contributed by atoms with Crippen molar-refractivity contribution in [3.05, 3.63) is 65.7 Å². The molecule has 140 valence electrons. The maximum Gasteiger partial charge on any atom is 0.573 e. The molecule has 0 fully saturated rings. The second-order valence-electron chi connectivity index (χ2n) is 5.75. The van der Waals surface area contributed by atoms with Gasteiger partial charge in [0.05, 0.1) is 11.4 Å². The van der Waals surface area contributed by atoms with Crippen molar-refractivity contribution in [1.29, 1.82) is 0 Å². The van der Waals surface area contributed by atoms with E-state index in [1.165, 1.54) is 10.6 Å². The number of alkyl halides is 3. The fraction of sp³-hybridized carbons (Fsp3) is 0.211. The molecule has 0 saturated carbocycles. The van der Waals surface area contributed by atoms with Crippen molar-refractivity contribution in [2.75, 3.05) is 6.54 Å². The van der Waals surface area contributed by atoms with Crippen molar-refractivity contribution >= 4 is 0 Å². The lowest BCUT2D eigenvalue weighted by Crippen LogP contribution is -2.19. The van der Waals surface area contributed by atoms with E-state index in [0.717, 1.165) is 6.07 Å². The molecule has 0 amide bonds. The Kier molecular flexibility index (Phi) is 4.95. The molecule has 27 heavy (non-hydrogen) atoms. The van der Waals surface area contributed by atoms with Gasteiger partial charge in [0.25, 0.3) is 0 Å². The third-order valence-corrected chi connectivity index (χ3v) is 3.80. The summed E-state index contributed by atoms with van der Waals surface area (Å²) < 4.78 is 57.0. The highest BCUT2D eigenvalue weighted by atomic mass is 19.4. The second-order valence-corrected chi connectivity index (χ2v) is 5.75. The highest BCUT2D eigenvalue weighted by molar-refractivity contribution is 5.51. The van der Waals surface area contributed by atoms with E-state index in [-0.39, 0.29) is 5.69 Å². The summed E-state index contributed by atoms with van der Waals surface area (Å²) in [7, 11) is 0. The van der Waals surface area contributed by atoms with Gasteiger partial charge >= 0.3 is 6.36 Å². The molecule has 1 aromatic carbocycles. The lowest BCUT2D eigenvalue weighted by molar-refractivity contribution is -0.274. The smallest absolute Gasteiger partial charge is 0.403 e. The number of rotatable bonds is 2. The van der Waals surface area contributed by atoms with Crippen LogP contribution in [0.5, 0.6) is 5.75 Å². The van der Waals surface area contributed by atoms with Crippen molar-refractivity contribution in [3.63, 3.8) is 0 Å². The number of hydrogen-bond donors (Lipinski definition) is 0. The van der Waals surface area contributed by atoms with Crippen LogP contribution in [0.25, 0.3) is 5.69 Å². The van der Waals surface area contributed by atoms with Crippen LogP contribution < -0.4 is 4.74 Å². The number of aromatic nitrogens is 2. The fourth-order valence-electron chi connectivity index (χ4n) is 2.67. The average molecular weight is 377 g/mol. The zero-order valence-electron chi connectivity index (χ0n) is 14.5. The summed E-state index contributed by atoms with van der Waals surface area (Å²) in [5, 5.41) is 0. The van der Waals surface area contributed by atoms with Gasteiger partial charge in [0.2, 0.25) is 0 Å². The van der Waals surface area contributed by atoms with Crippen LogP contribution in [0.4, 0.5) is 17.6 Å². The molecule has 4 nitrogen and oxygen atoms in total. The zero-order chi connectivity index (χ0) is 19.6. The minimum Gasteiger partial charge on any atom is -0.403 e. The van der Waals surface area contributed by atoms with Gasteiger partial charge in [0, 0.05) is 24.9 Å². The molecule has 0 aliphatic carbocycles. The Morgan fingerprint density at radius 2 is 1.96 bits per heavy atom. The summed E-state index contributed by atoms with van der Waals surface area (Å²) in [5.41, 5.74) is 0.970. The van der Waals surface area contributed by atoms with Crippen LogP contribution in [0.3, 0.4) is 0 Å². The Morgan fingerprint density at radius 1 is 1.19 bits per heavy atom. The summed E-state index contributed by atoms with van der Waals surface area (Å²) >= 11 is 0. The molecule has 3 rings (SSSR count). The Morgan fingerprint density at radius 3 is 2.63 bits per heavy atom. The van der Waals surface area contributed by atoms with Gasteiger partial charge in [-0.1, -0.05) is 12.2 Å². The summed E-state index contributed by atoms with van der Waals surface area (Å²) in [6, 6.07) is 5.90. The molecule has 0 atom stereocenters. The normalized spacial score (nSPS) is 13.5. The highest BCUT2D eigenvalue weighted by Crippen LogP contribution is 2.32. The van der Waals surface area contributed by atoms with Crippen molar-refractivity contribution in [3.8, 4) is 23.4 Å². The molecule has 1 aliphatic rings. The van der Waals surface area contributed by atoms with Gasteiger partial charge in [0.15, 0.2) is 5.75 Å². The molecule has 0 spiro atoms. The molecule has 2 heterocycles. The van der Waals surface area contributed by atoms with Crippen molar-refractivity contribution in [1.82, 2.24) is 14.5 Å². The van der Waals surface area contributed by atoms with Gasteiger partial charge in [-0.2, -0.15) is 0 Å². The quantitative estimate of drug-likeness (QED) is 0.580. The van der Waals surface area contributed by atoms with Gasteiger partial charge in [-0.25, -0.2) is 9.37 Å². The molecular weight excluding hydrogens is 362 g/mol. The minimum atomic E-state index is -4.94. The van der Waals surface area contributed by atoms with Gasteiger partial charge in [0.1, 0.15) is 17.3 Å². The number of ether oxygens (including phenoxy) is 1. The number of benzene rings is 1. The van der Waals surface area contributed by atoms with E-state index in [4.69, 9.17) is 0 Å². The van der Waals surface area contributed by atoms with Gasteiger partial charge < -0.3 is 9.64 Å². The third-order valence-electron chi connectivity index (χ3n) is 3.80. The van der Waals surface area contributed by atoms with Crippen LogP contribution in [0.2, 0.25) is 0 Å². The SMILES string of the molecule is Cc1nc(C#CN2C=CC=CC2)c(C)n1-c1ccc(F)cc1OC(F)(F)F. The van der Waals surface area contributed by atoms with E-state index in [2.05, 4.69) is 21.7 Å². The first kappa shape index (κ1) is 18.6. The lowest BCUT2D eigenvalue weighted by Gasteiger charge is -2.16. The van der Waals surface area contributed by atoms with Crippen LogP contribution in [0.15, 0.2) is 42.6 Å². The Bertz CT molecular complexity index is 977. The number of allylic oxidation sites excluding steroid dienone is 2. The first-order chi connectivity index (χ1) is 12.7. The van der Waals surface area contributed by atoms with E-state index in [1.54, 1.807) is 24.9 Å². The van der Waals surface area contributed by atoms with Crippen LogP contribution >= 0.6 is 0 Å². The van der Waals surface area contributed by atoms with Crippen LogP contribution in [-0.2, 0) is 0 Å². The first-order valence-electron chi connectivity index (χ1n) is 7.98. The Hall–Kier alpha value is -3.21. The fourth-order valence-corrected chi connectivity index (χ4v) is 2.67. The molecule has 0 saturated heterocycles. The van der Waals surface area contributed by atoms with Crippen molar-refractivity contribution in [2.24, 2.45) is 0 Å². The molecule has 1 aliphatic heterocycles. The minimum absolute atomic E-state index is 0.0325. The predicted molar refractivity (Wildman–Crippen MR) is 91.5 cm³/mol. The topological polar surface area (TPSA) is 30.3 Å². The second kappa shape index (κ2) is 7.19. The summed E-state index contributed by atoms with van der Waals surface area (Å²) in [6.07, 6.45) is 2.54. The summed E-state index contributed by atoms with van der Waals surface area (Å²) in [5.74, 6) is 1.84. The number of halogens is 4. The molecular formula is C19H15F4N3O. The van der Waals surface area contributed by atoms with Crippen LogP contribution in [0, 0.1) is 31.6 Å². The molecule has 0 N–H and O–H groups in total. The summed E-state index contributed by atoms with van der Waals surface area (Å²) in [6.45, 7) is 3.93. The number of imidazole rings is 1. The van der Waals surface area contributed by atoms with E-state index in [1.807, 2.05) is 18.2 Å². The molecule has 0 radical (unpaired) electrons. The van der Waals surface area contributed by atoms with E-state index in [9.17, 15) is 17.6 Å². The van der Waals surface area contributed by atoms with E-state index >= 15 is 0 Å². The Labute approximate surface area is 153 Å². The van der Waals surface area contributed by atoms with E-state index in [0.29, 0.717) is 29.8 Å². The molecule has 0 unspecified atom stereocenters. The maximum atomic E-state index is 13.5. The molecule has 8 heteroatoms. The number of hydrogen-bond acceptors (Lipinski definition) is 3. The highest BCUT2D eigenvalue weighted by Gasteiger charge is 2.33. The van der Waals surface area contributed by atoms with Gasteiger partial charge in [-0.05, 0) is 38.0 Å².